The van der Waals surface area contributed by atoms with Gasteiger partial charge in [-0.3, -0.25) is 4.79 Å². The quantitative estimate of drug-likeness (QED) is 0.742. The summed E-state index contributed by atoms with van der Waals surface area (Å²) in [6, 6.07) is 3.40. The van der Waals surface area contributed by atoms with Crippen molar-refractivity contribution in [3.63, 3.8) is 0 Å². The van der Waals surface area contributed by atoms with Crippen LogP contribution < -0.4 is 11.1 Å². The number of anilines is 1. The number of nitrogens with one attached hydrogen (secondary N) is 1. The first-order chi connectivity index (χ1) is 8.61. The van der Waals surface area contributed by atoms with E-state index in [4.69, 9.17) is 22.4 Å². The largest absolute Gasteiger partial charge is 0.480 e. The Kier molecular flexibility index (Phi) is 4.42. The van der Waals surface area contributed by atoms with E-state index < -0.39 is 23.3 Å². The highest BCUT2D eigenvalue weighted by molar-refractivity contribution is 6.31. The molecular formula is C13H17ClN2O3. The molecule has 104 valence electrons. The highest BCUT2D eigenvalue weighted by atomic mass is 35.5. The van der Waals surface area contributed by atoms with Crippen LogP contribution in [0.15, 0.2) is 18.2 Å². The lowest BCUT2D eigenvalue weighted by molar-refractivity contribution is -0.142. The molecule has 0 aromatic heterocycles. The van der Waals surface area contributed by atoms with Crippen LogP contribution in [0.5, 0.6) is 0 Å². The molecule has 4 N–H and O–H groups in total. The number of amides is 1. The molecule has 0 aliphatic rings. The van der Waals surface area contributed by atoms with Crippen molar-refractivity contribution in [2.45, 2.75) is 26.8 Å². The van der Waals surface area contributed by atoms with Crippen molar-refractivity contribution in [3.05, 3.63) is 28.8 Å². The monoisotopic (exact) mass is 284 g/mol. The van der Waals surface area contributed by atoms with Crippen LogP contribution >= 0.6 is 11.6 Å². The van der Waals surface area contributed by atoms with Gasteiger partial charge in [0.2, 0.25) is 0 Å². The van der Waals surface area contributed by atoms with Crippen molar-refractivity contribution < 1.29 is 14.7 Å². The maximum absolute atomic E-state index is 12.0. The number of hydrogen-bond acceptors (Lipinski definition) is 3. The summed E-state index contributed by atoms with van der Waals surface area (Å²) in [5.41, 5.74) is 5.57. The molecule has 0 heterocycles. The van der Waals surface area contributed by atoms with Crippen LogP contribution in [0.3, 0.4) is 0 Å². The van der Waals surface area contributed by atoms with Crippen molar-refractivity contribution >= 4 is 29.2 Å². The van der Waals surface area contributed by atoms with Gasteiger partial charge in [0, 0.05) is 16.3 Å². The molecule has 0 saturated carbocycles. The van der Waals surface area contributed by atoms with Crippen molar-refractivity contribution in [3.8, 4) is 0 Å². The number of rotatable bonds is 3. The van der Waals surface area contributed by atoms with Gasteiger partial charge < -0.3 is 16.2 Å². The van der Waals surface area contributed by atoms with E-state index >= 15 is 0 Å². The number of benzene rings is 1. The van der Waals surface area contributed by atoms with Gasteiger partial charge in [-0.1, -0.05) is 32.4 Å². The number of aliphatic carboxylic acids is 1. The van der Waals surface area contributed by atoms with Gasteiger partial charge in [0.05, 0.1) is 0 Å². The number of hydrogen-bond donors (Lipinski definition) is 3. The van der Waals surface area contributed by atoms with Crippen LogP contribution in [-0.4, -0.2) is 23.0 Å². The fourth-order valence-electron chi connectivity index (χ4n) is 1.61. The predicted octanol–water partition coefficient (Wildman–Crippen LogP) is 2.15. The number of halogens is 1. The molecule has 0 fully saturated rings. The fourth-order valence-corrected chi connectivity index (χ4v) is 1.85. The van der Waals surface area contributed by atoms with Gasteiger partial charge in [-0.2, -0.15) is 0 Å². The molecule has 0 bridgehead atoms. The Morgan fingerprint density at radius 2 is 1.89 bits per heavy atom. The first-order valence-corrected chi connectivity index (χ1v) is 6.09. The summed E-state index contributed by atoms with van der Waals surface area (Å²) in [5.74, 6) is -1.60. The normalized spacial score (nSPS) is 12.8. The fraction of sp³-hybridized carbons (Fsp3) is 0.385. The lowest BCUT2D eigenvalue weighted by Gasteiger charge is -2.27. The average molecular weight is 285 g/mol. The second-order valence-corrected chi connectivity index (χ2v) is 5.82. The Hall–Kier alpha value is -1.75. The van der Waals surface area contributed by atoms with Crippen molar-refractivity contribution in [2.24, 2.45) is 5.41 Å². The van der Waals surface area contributed by atoms with Crippen LogP contribution in [-0.2, 0) is 4.79 Å². The molecule has 1 atom stereocenters. The third-order valence-corrected chi connectivity index (χ3v) is 2.79. The number of carboxylic acids is 1. The summed E-state index contributed by atoms with van der Waals surface area (Å²) in [6.45, 7) is 5.20. The smallest absolute Gasteiger partial charge is 0.326 e. The number of nitrogen functional groups attached to an aromatic ring is 1. The minimum atomic E-state index is -1.09. The molecule has 1 aromatic carbocycles. The highest BCUT2D eigenvalue weighted by Crippen LogP contribution is 2.21. The number of nitrogens with two attached hydrogens (primary N) is 1. The predicted molar refractivity (Wildman–Crippen MR) is 74.2 cm³/mol. The van der Waals surface area contributed by atoms with Gasteiger partial charge in [0.1, 0.15) is 6.04 Å². The molecule has 1 amide bonds. The zero-order chi connectivity index (χ0) is 14.8. The molecule has 1 rings (SSSR count). The van der Waals surface area contributed by atoms with E-state index in [0.29, 0.717) is 10.7 Å². The van der Waals surface area contributed by atoms with Crippen LogP contribution in [0.25, 0.3) is 0 Å². The van der Waals surface area contributed by atoms with Crippen molar-refractivity contribution in [1.29, 1.82) is 0 Å². The lowest BCUT2D eigenvalue weighted by Crippen LogP contribution is -2.49. The minimum Gasteiger partial charge on any atom is -0.480 e. The Labute approximate surface area is 116 Å². The van der Waals surface area contributed by atoms with Crippen molar-refractivity contribution in [1.82, 2.24) is 5.32 Å². The SMILES string of the molecule is CC(C)(C)C(NC(=O)c1cc(N)cc(Cl)c1)C(=O)O. The molecule has 0 aliphatic heterocycles. The van der Waals surface area contributed by atoms with Gasteiger partial charge in [-0.05, 0) is 23.6 Å². The van der Waals surface area contributed by atoms with Crippen LogP contribution in [0, 0.1) is 5.41 Å². The van der Waals surface area contributed by atoms with Gasteiger partial charge in [-0.25, -0.2) is 4.79 Å². The summed E-state index contributed by atoms with van der Waals surface area (Å²) in [4.78, 5) is 23.2. The minimum absolute atomic E-state index is 0.237. The van der Waals surface area contributed by atoms with Gasteiger partial charge in [-0.15, -0.1) is 0 Å². The molecule has 1 unspecified atom stereocenters. The number of carboxylic acid groups (broad SMARTS) is 1. The molecular weight excluding hydrogens is 268 g/mol. The summed E-state index contributed by atoms with van der Waals surface area (Å²) in [7, 11) is 0. The van der Waals surface area contributed by atoms with E-state index in [2.05, 4.69) is 5.32 Å². The summed E-state index contributed by atoms with van der Waals surface area (Å²) in [5, 5.41) is 11.9. The second-order valence-electron chi connectivity index (χ2n) is 5.38. The summed E-state index contributed by atoms with van der Waals surface area (Å²) < 4.78 is 0. The van der Waals surface area contributed by atoms with Crippen LogP contribution in [0.4, 0.5) is 5.69 Å². The second kappa shape index (κ2) is 5.48. The third-order valence-electron chi connectivity index (χ3n) is 2.57. The highest BCUT2D eigenvalue weighted by Gasteiger charge is 2.32. The van der Waals surface area contributed by atoms with Crippen molar-refractivity contribution in [2.75, 3.05) is 5.73 Å². The maximum atomic E-state index is 12.0. The van der Waals surface area contributed by atoms with E-state index in [1.807, 2.05) is 0 Å². The Bertz CT molecular complexity index is 489. The summed E-state index contributed by atoms with van der Waals surface area (Å²) in [6.07, 6.45) is 0. The van der Waals surface area contributed by atoms with Gasteiger partial charge in [0.15, 0.2) is 0 Å². The standard InChI is InChI=1S/C13H17ClN2O3/c1-13(2,3)10(12(18)19)16-11(17)7-4-8(14)6-9(15)5-7/h4-6,10H,15H2,1-3H3,(H,16,17)(H,18,19). The Balaban J connectivity index is 2.97. The van der Waals surface area contributed by atoms with Gasteiger partial charge >= 0.3 is 5.97 Å². The van der Waals surface area contributed by atoms with E-state index in [9.17, 15) is 9.59 Å². The third kappa shape index (κ3) is 4.13. The first kappa shape index (κ1) is 15.3. The zero-order valence-electron chi connectivity index (χ0n) is 11.0. The van der Waals surface area contributed by atoms with E-state index in [1.54, 1.807) is 20.8 Å². The molecule has 1 aromatic rings. The Morgan fingerprint density at radius 3 is 2.32 bits per heavy atom. The molecule has 0 saturated heterocycles. The maximum Gasteiger partial charge on any atom is 0.326 e. The Morgan fingerprint density at radius 1 is 1.32 bits per heavy atom. The van der Waals surface area contributed by atoms with E-state index in [0.717, 1.165) is 0 Å². The summed E-state index contributed by atoms with van der Waals surface area (Å²) >= 11 is 5.81. The number of carbonyl (C=O) groups is 2. The van der Waals surface area contributed by atoms with E-state index in [-0.39, 0.29) is 5.56 Å². The van der Waals surface area contributed by atoms with Crippen LogP contribution in [0.2, 0.25) is 5.02 Å². The molecule has 5 nitrogen and oxygen atoms in total. The number of carbonyl (C=O) groups excluding carboxylic acids is 1. The topological polar surface area (TPSA) is 92.4 Å². The van der Waals surface area contributed by atoms with E-state index in [1.165, 1.54) is 18.2 Å². The first-order valence-electron chi connectivity index (χ1n) is 5.71. The molecule has 19 heavy (non-hydrogen) atoms. The molecule has 6 heteroatoms. The molecule has 0 radical (unpaired) electrons. The molecule has 0 spiro atoms. The lowest BCUT2D eigenvalue weighted by atomic mass is 9.86. The van der Waals surface area contributed by atoms with Crippen LogP contribution in [0.1, 0.15) is 31.1 Å². The molecule has 0 aliphatic carbocycles. The zero-order valence-corrected chi connectivity index (χ0v) is 11.8. The van der Waals surface area contributed by atoms with Gasteiger partial charge in [0.25, 0.3) is 5.91 Å². The average Bonchev–Trinajstić information content (AvgIpc) is 2.21.